The van der Waals surface area contributed by atoms with E-state index in [4.69, 9.17) is 21.1 Å². The first kappa shape index (κ1) is 23.4. The molecular formula is C24H29ClN4O4. The average Bonchev–Trinajstić information content (AvgIpc) is 3.64. The summed E-state index contributed by atoms with van der Waals surface area (Å²) in [6, 6.07) is 12.4. The van der Waals surface area contributed by atoms with Crippen molar-refractivity contribution in [3.8, 4) is 5.75 Å². The lowest BCUT2D eigenvalue weighted by molar-refractivity contribution is 0.0322. The number of halogens is 1. The molecule has 2 aliphatic rings. The van der Waals surface area contributed by atoms with Crippen molar-refractivity contribution < 1.29 is 19.1 Å². The molecule has 2 aromatic carbocycles. The lowest BCUT2D eigenvalue weighted by Crippen LogP contribution is -2.38. The number of morpholine rings is 1. The van der Waals surface area contributed by atoms with Crippen molar-refractivity contribution in [3.63, 3.8) is 0 Å². The van der Waals surface area contributed by atoms with Crippen LogP contribution in [0.2, 0.25) is 5.02 Å². The third-order valence-corrected chi connectivity index (χ3v) is 5.84. The fourth-order valence-corrected chi connectivity index (χ4v) is 3.69. The first-order valence-electron chi connectivity index (χ1n) is 11.2. The molecular weight excluding hydrogens is 444 g/mol. The van der Waals surface area contributed by atoms with Crippen LogP contribution in [-0.4, -0.2) is 62.3 Å². The molecule has 3 amide bonds. The minimum atomic E-state index is -0.371. The quantitative estimate of drug-likeness (QED) is 0.521. The summed E-state index contributed by atoms with van der Waals surface area (Å²) >= 11 is 6.16. The highest BCUT2D eigenvalue weighted by Crippen LogP contribution is 2.24. The second-order valence-corrected chi connectivity index (χ2v) is 8.61. The van der Waals surface area contributed by atoms with Crippen molar-refractivity contribution in [2.45, 2.75) is 25.4 Å². The predicted molar refractivity (Wildman–Crippen MR) is 127 cm³/mol. The van der Waals surface area contributed by atoms with Gasteiger partial charge in [0.05, 0.1) is 23.8 Å². The molecule has 3 N–H and O–H groups in total. The molecule has 176 valence electrons. The Kier molecular flexibility index (Phi) is 8.04. The average molecular weight is 473 g/mol. The fraction of sp³-hybridized carbons (Fsp3) is 0.417. The van der Waals surface area contributed by atoms with Crippen molar-refractivity contribution >= 4 is 29.2 Å². The maximum absolute atomic E-state index is 12.4. The molecule has 0 atom stereocenters. The summed E-state index contributed by atoms with van der Waals surface area (Å²) in [5.74, 6) is 0.545. The van der Waals surface area contributed by atoms with Gasteiger partial charge in [0.15, 0.2) is 0 Å². The van der Waals surface area contributed by atoms with Crippen molar-refractivity contribution in [1.29, 1.82) is 0 Å². The van der Waals surface area contributed by atoms with Crippen molar-refractivity contribution in [2.24, 2.45) is 0 Å². The maximum Gasteiger partial charge on any atom is 0.319 e. The minimum absolute atomic E-state index is 0.225. The summed E-state index contributed by atoms with van der Waals surface area (Å²) in [5, 5.41) is 8.84. The van der Waals surface area contributed by atoms with E-state index in [9.17, 15) is 9.59 Å². The summed E-state index contributed by atoms with van der Waals surface area (Å²) in [4.78, 5) is 27.0. The van der Waals surface area contributed by atoms with Gasteiger partial charge in [0.2, 0.25) is 0 Å². The first-order chi connectivity index (χ1) is 16.1. The molecule has 0 spiro atoms. The van der Waals surface area contributed by atoms with E-state index in [0.29, 0.717) is 29.4 Å². The molecule has 2 fully saturated rings. The topological polar surface area (TPSA) is 91.9 Å². The Morgan fingerprint density at radius 3 is 2.73 bits per heavy atom. The lowest BCUT2D eigenvalue weighted by atomic mass is 10.2. The SMILES string of the molecule is O=C(NCc1cccc(OCCN2CCOCC2)c1)Nc1ccc(Cl)c(C(=O)NC2CC2)c1. The number of nitrogens with one attached hydrogen (secondary N) is 3. The molecule has 0 unspecified atom stereocenters. The number of amides is 3. The summed E-state index contributed by atoms with van der Waals surface area (Å²) < 4.78 is 11.2. The van der Waals surface area contributed by atoms with Gasteiger partial charge >= 0.3 is 6.03 Å². The number of carbonyl (C=O) groups is 2. The number of benzene rings is 2. The van der Waals surface area contributed by atoms with Crippen molar-refractivity contribution in [3.05, 3.63) is 58.6 Å². The van der Waals surface area contributed by atoms with E-state index in [2.05, 4.69) is 20.9 Å². The number of rotatable bonds is 9. The standard InChI is InChI=1S/C24H29ClN4O4/c25-22-7-6-19(15-21(22)23(30)27-18-4-5-18)28-24(31)26-16-17-2-1-3-20(14-17)33-13-10-29-8-11-32-12-9-29/h1-3,6-7,14-15,18H,4-5,8-13,16H2,(H,27,30)(H2,26,28,31). The Morgan fingerprint density at radius 2 is 1.94 bits per heavy atom. The summed E-state index contributed by atoms with van der Waals surface area (Å²) in [5.41, 5.74) is 1.77. The molecule has 1 saturated heterocycles. The predicted octanol–water partition coefficient (Wildman–Crippen LogP) is 3.26. The number of anilines is 1. The van der Waals surface area contributed by atoms with E-state index in [1.165, 1.54) is 0 Å². The Labute approximate surface area is 198 Å². The third-order valence-electron chi connectivity index (χ3n) is 5.51. The van der Waals surface area contributed by atoms with E-state index >= 15 is 0 Å². The van der Waals surface area contributed by atoms with Gasteiger partial charge in [-0.2, -0.15) is 0 Å². The maximum atomic E-state index is 12.4. The highest BCUT2D eigenvalue weighted by molar-refractivity contribution is 6.34. The van der Waals surface area contributed by atoms with Gasteiger partial charge in [0.1, 0.15) is 12.4 Å². The van der Waals surface area contributed by atoms with Gasteiger partial charge in [-0.25, -0.2) is 4.79 Å². The lowest BCUT2D eigenvalue weighted by Gasteiger charge is -2.26. The van der Waals surface area contributed by atoms with Gasteiger partial charge in [-0.1, -0.05) is 23.7 Å². The van der Waals surface area contributed by atoms with Crippen molar-refractivity contribution in [1.82, 2.24) is 15.5 Å². The van der Waals surface area contributed by atoms with Gasteiger partial charge in [-0.3, -0.25) is 9.69 Å². The summed E-state index contributed by atoms with van der Waals surface area (Å²) in [6.45, 7) is 5.21. The van der Waals surface area contributed by atoms with E-state index in [1.807, 2.05) is 24.3 Å². The van der Waals surface area contributed by atoms with Crippen LogP contribution < -0.4 is 20.7 Å². The van der Waals surface area contributed by atoms with E-state index in [1.54, 1.807) is 18.2 Å². The minimum Gasteiger partial charge on any atom is -0.492 e. The molecule has 4 rings (SSSR count). The first-order valence-corrected chi connectivity index (χ1v) is 11.6. The van der Waals surface area contributed by atoms with E-state index in [0.717, 1.165) is 57.0 Å². The van der Waals surface area contributed by atoms with Gasteiger partial charge < -0.3 is 25.4 Å². The molecule has 2 aromatic rings. The van der Waals surface area contributed by atoms with Crippen LogP contribution in [0, 0.1) is 0 Å². The second kappa shape index (κ2) is 11.4. The number of ether oxygens (including phenoxy) is 2. The molecule has 9 heteroatoms. The van der Waals surface area contributed by atoms with Gasteiger partial charge in [-0.15, -0.1) is 0 Å². The van der Waals surface area contributed by atoms with Crippen LogP contribution >= 0.6 is 11.6 Å². The van der Waals surface area contributed by atoms with Crippen LogP contribution in [0.5, 0.6) is 5.75 Å². The molecule has 0 aromatic heterocycles. The van der Waals surface area contributed by atoms with Crippen LogP contribution in [0.15, 0.2) is 42.5 Å². The van der Waals surface area contributed by atoms with Crippen LogP contribution in [0.1, 0.15) is 28.8 Å². The second-order valence-electron chi connectivity index (χ2n) is 8.20. The van der Waals surface area contributed by atoms with Gasteiger partial charge in [-0.05, 0) is 48.7 Å². The monoisotopic (exact) mass is 472 g/mol. The molecule has 0 radical (unpaired) electrons. The molecule has 1 aliphatic carbocycles. The van der Waals surface area contributed by atoms with Crippen LogP contribution in [0.3, 0.4) is 0 Å². The number of carbonyl (C=O) groups excluding carboxylic acids is 2. The number of nitrogens with zero attached hydrogens (tertiary/aromatic N) is 1. The molecule has 8 nitrogen and oxygen atoms in total. The zero-order valence-electron chi connectivity index (χ0n) is 18.4. The zero-order valence-corrected chi connectivity index (χ0v) is 19.2. The summed E-state index contributed by atoms with van der Waals surface area (Å²) in [7, 11) is 0. The number of hydrogen-bond donors (Lipinski definition) is 3. The number of urea groups is 1. The molecule has 1 saturated carbocycles. The summed E-state index contributed by atoms with van der Waals surface area (Å²) in [6.07, 6.45) is 1.98. The molecule has 33 heavy (non-hydrogen) atoms. The third kappa shape index (κ3) is 7.35. The zero-order chi connectivity index (χ0) is 23.0. The Bertz CT molecular complexity index is 977. The fourth-order valence-electron chi connectivity index (χ4n) is 3.49. The Morgan fingerprint density at radius 1 is 1.12 bits per heavy atom. The normalized spacial score (nSPS) is 16.2. The van der Waals surface area contributed by atoms with Gasteiger partial charge in [0.25, 0.3) is 5.91 Å². The molecule has 1 heterocycles. The van der Waals surface area contributed by atoms with E-state index in [-0.39, 0.29) is 18.0 Å². The smallest absolute Gasteiger partial charge is 0.319 e. The Hall–Kier alpha value is -2.81. The molecule has 0 bridgehead atoms. The van der Waals surface area contributed by atoms with E-state index < -0.39 is 0 Å². The molecule has 1 aliphatic heterocycles. The van der Waals surface area contributed by atoms with Crippen molar-refractivity contribution in [2.75, 3.05) is 44.8 Å². The highest BCUT2D eigenvalue weighted by atomic mass is 35.5. The highest BCUT2D eigenvalue weighted by Gasteiger charge is 2.25. The van der Waals surface area contributed by atoms with Gasteiger partial charge in [0, 0.05) is 37.9 Å². The Balaban J connectivity index is 1.24. The van der Waals surface area contributed by atoms with Crippen LogP contribution in [0.25, 0.3) is 0 Å². The van der Waals surface area contributed by atoms with Crippen LogP contribution in [-0.2, 0) is 11.3 Å². The number of hydrogen-bond acceptors (Lipinski definition) is 5. The largest absolute Gasteiger partial charge is 0.492 e. The van der Waals surface area contributed by atoms with Crippen LogP contribution in [0.4, 0.5) is 10.5 Å².